The largest absolute Gasteiger partial charge is 0.360 e. The van der Waals surface area contributed by atoms with Gasteiger partial charge in [-0.05, 0) is 49.7 Å². The number of hydrogen-bond donors (Lipinski definition) is 2. The second kappa shape index (κ2) is 5.40. The summed E-state index contributed by atoms with van der Waals surface area (Å²) in [6.07, 6.45) is 3.14. The maximum atomic E-state index is 4.31. The molecule has 2 aromatic rings. The minimum Gasteiger partial charge on any atom is -0.360 e. The molecule has 1 fully saturated rings. The SMILES string of the molecule is CN(CC1CCNC1)c1ccc(-c2ccc[nH]2)nn1. The minimum atomic E-state index is 0.717. The first-order chi connectivity index (χ1) is 9.33. The van der Waals surface area contributed by atoms with Crippen molar-refractivity contribution >= 4 is 5.82 Å². The monoisotopic (exact) mass is 257 g/mol. The van der Waals surface area contributed by atoms with Crippen LogP contribution in [-0.2, 0) is 0 Å². The summed E-state index contributed by atoms with van der Waals surface area (Å²) in [4.78, 5) is 5.32. The van der Waals surface area contributed by atoms with Crippen LogP contribution in [0.5, 0.6) is 0 Å². The number of rotatable bonds is 4. The van der Waals surface area contributed by atoms with E-state index in [4.69, 9.17) is 0 Å². The third-order valence-electron chi connectivity index (χ3n) is 3.61. The molecule has 1 unspecified atom stereocenters. The number of H-pyrrole nitrogens is 1. The first-order valence-electron chi connectivity index (χ1n) is 6.72. The quantitative estimate of drug-likeness (QED) is 0.872. The van der Waals surface area contributed by atoms with E-state index in [2.05, 4.69) is 32.4 Å². The van der Waals surface area contributed by atoms with Crippen LogP contribution in [0.15, 0.2) is 30.5 Å². The maximum absolute atomic E-state index is 4.31. The molecule has 1 atom stereocenters. The molecule has 3 rings (SSSR count). The average Bonchev–Trinajstić information content (AvgIpc) is 3.12. The fourth-order valence-electron chi connectivity index (χ4n) is 2.51. The van der Waals surface area contributed by atoms with Gasteiger partial charge in [0, 0.05) is 19.8 Å². The van der Waals surface area contributed by atoms with Crippen molar-refractivity contribution in [1.82, 2.24) is 20.5 Å². The maximum Gasteiger partial charge on any atom is 0.151 e. The predicted octanol–water partition coefficient (Wildman–Crippen LogP) is 1.52. The van der Waals surface area contributed by atoms with E-state index in [0.717, 1.165) is 42.8 Å². The normalized spacial score (nSPS) is 18.7. The van der Waals surface area contributed by atoms with Gasteiger partial charge in [-0.1, -0.05) is 0 Å². The smallest absolute Gasteiger partial charge is 0.151 e. The Bertz CT molecular complexity index is 499. The summed E-state index contributed by atoms with van der Waals surface area (Å²) < 4.78 is 0. The Morgan fingerprint density at radius 3 is 2.89 bits per heavy atom. The van der Waals surface area contributed by atoms with Crippen molar-refractivity contribution in [3.05, 3.63) is 30.5 Å². The highest BCUT2D eigenvalue weighted by molar-refractivity contribution is 5.55. The van der Waals surface area contributed by atoms with Gasteiger partial charge >= 0.3 is 0 Å². The molecule has 0 saturated carbocycles. The number of nitrogens with one attached hydrogen (secondary N) is 2. The van der Waals surface area contributed by atoms with E-state index in [1.54, 1.807) is 0 Å². The lowest BCUT2D eigenvalue weighted by Gasteiger charge is -2.21. The van der Waals surface area contributed by atoms with Crippen molar-refractivity contribution < 1.29 is 0 Å². The lowest BCUT2D eigenvalue weighted by molar-refractivity contribution is 0.574. The molecule has 5 heteroatoms. The summed E-state index contributed by atoms with van der Waals surface area (Å²) in [5, 5.41) is 12.0. The topological polar surface area (TPSA) is 56.8 Å². The minimum absolute atomic E-state index is 0.717. The van der Waals surface area contributed by atoms with Gasteiger partial charge in [0.2, 0.25) is 0 Å². The molecule has 0 aromatic carbocycles. The van der Waals surface area contributed by atoms with E-state index in [9.17, 15) is 0 Å². The van der Waals surface area contributed by atoms with Crippen molar-refractivity contribution in [2.24, 2.45) is 5.92 Å². The first kappa shape index (κ1) is 12.2. The zero-order chi connectivity index (χ0) is 13.1. The predicted molar refractivity (Wildman–Crippen MR) is 76.1 cm³/mol. The van der Waals surface area contributed by atoms with Crippen LogP contribution in [0.1, 0.15) is 6.42 Å². The highest BCUT2D eigenvalue weighted by atomic mass is 15.2. The van der Waals surface area contributed by atoms with Gasteiger partial charge in [0.25, 0.3) is 0 Å². The van der Waals surface area contributed by atoms with Gasteiger partial charge in [0.05, 0.1) is 5.69 Å². The number of aromatic nitrogens is 3. The fourth-order valence-corrected chi connectivity index (χ4v) is 2.51. The highest BCUT2D eigenvalue weighted by Crippen LogP contribution is 2.17. The Labute approximate surface area is 113 Å². The second-order valence-corrected chi connectivity index (χ2v) is 5.10. The number of nitrogens with zero attached hydrogens (tertiary/aromatic N) is 3. The van der Waals surface area contributed by atoms with Gasteiger partial charge in [-0.15, -0.1) is 10.2 Å². The summed E-state index contributed by atoms with van der Waals surface area (Å²) in [6.45, 7) is 3.28. The standard InChI is InChI=1S/C14H19N5/c1-19(10-11-6-8-15-9-11)14-5-4-13(17-18-14)12-3-2-7-16-12/h2-5,7,11,15-16H,6,8-10H2,1H3. The third kappa shape index (κ3) is 2.76. The van der Waals surface area contributed by atoms with E-state index in [1.165, 1.54) is 6.42 Å². The van der Waals surface area contributed by atoms with Crippen LogP contribution < -0.4 is 10.2 Å². The molecular formula is C14H19N5. The Balaban J connectivity index is 1.67. The van der Waals surface area contributed by atoms with Gasteiger partial charge in [-0.3, -0.25) is 0 Å². The molecule has 1 aliphatic heterocycles. The zero-order valence-corrected chi connectivity index (χ0v) is 11.1. The zero-order valence-electron chi connectivity index (χ0n) is 11.1. The van der Waals surface area contributed by atoms with Crippen LogP contribution in [0.3, 0.4) is 0 Å². The first-order valence-corrected chi connectivity index (χ1v) is 6.72. The lowest BCUT2D eigenvalue weighted by atomic mass is 10.1. The molecule has 2 aromatic heterocycles. The van der Waals surface area contributed by atoms with Gasteiger partial charge in [0.1, 0.15) is 5.69 Å². The van der Waals surface area contributed by atoms with Gasteiger partial charge in [-0.25, -0.2) is 0 Å². The Morgan fingerprint density at radius 2 is 2.26 bits per heavy atom. The van der Waals surface area contributed by atoms with Crippen LogP contribution >= 0.6 is 0 Å². The number of aromatic amines is 1. The third-order valence-corrected chi connectivity index (χ3v) is 3.61. The Kier molecular flexibility index (Phi) is 3.46. The van der Waals surface area contributed by atoms with Crippen molar-refractivity contribution in [1.29, 1.82) is 0 Å². The van der Waals surface area contributed by atoms with Crippen LogP contribution in [0.25, 0.3) is 11.4 Å². The van der Waals surface area contributed by atoms with E-state index < -0.39 is 0 Å². The van der Waals surface area contributed by atoms with Crippen LogP contribution in [0.2, 0.25) is 0 Å². The molecule has 100 valence electrons. The molecule has 19 heavy (non-hydrogen) atoms. The molecule has 0 aliphatic carbocycles. The van der Waals surface area contributed by atoms with Crippen LogP contribution in [0.4, 0.5) is 5.82 Å². The molecule has 5 nitrogen and oxygen atoms in total. The van der Waals surface area contributed by atoms with Gasteiger partial charge in [0.15, 0.2) is 5.82 Å². The molecular weight excluding hydrogens is 238 g/mol. The molecule has 3 heterocycles. The second-order valence-electron chi connectivity index (χ2n) is 5.10. The van der Waals surface area contributed by atoms with Crippen molar-refractivity contribution in [2.45, 2.75) is 6.42 Å². The van der Waals surface area contributed by atoms with Gasteiger partial charge < -0.3 is 15.2 Å². The summed E-state index contributed by atoms with van der Waals surface area (Å²) in [6, 6.07) is 8.00. The molecule has 0 amide bonds. The van der Waals surface area contributed by atoms with Crippen molar-refractivity contribution in [2.75, 3.05) is 31.6 Å². The molecule has 2 N–H and O–H groups in total. The summed E-state index contributed by atoms with van der Waals surface area (Å²) in [5.74, 6) is 1.65. The number of hydrogen-bond acceptors (Lipinski definition) is 4. The Morgan fingerprint density at radius 1 is 1.32 bits per heavy atom. The van der Waals surface area contributed by atoms with Crippen molar-refractivity contribution in [3.63, 3.8) is 0 Å². The summed E-state index contributed by atoms with van der Waals surface area (Å²) in [7, 11) is 2.08. The summed E-state index contributed by atoms with van der Waals surface area (Å²) >= 11 is 0. The molecule has 1 aliphatic rings. The average molecular weight is 257 g/mol. The fraction of sp³-hybridized carbons (Fsp3) is 0.429. The van der Waals surface area contributed by atoms with Crippen LogP contribution in [0, 0.1) is 5.92 Å². The number of anilines is 1. The molecule has 0 radical (unpaired) electrons. The lowest BCUT2D eigenvalue weighted by Crippen LogP contribution is -2.27. The van der Waals surface area contributed by atoms with Gasteiger partial charge in [-0.2, -0.15) is 0 Å². The van der Waals surface area contributed by atoms with Crippen LogP contribution in [-0.4, -0.2) is 41.9 Å². The van der Waals surface area contributed by atoms with E-state index >= 15 is 0 Å². The summed E-state index contributed by atoms with van der Waals surface area (Å²) in [5.41, 5.74) is 1.88. The van der Waals surface area contributed by atoms with E-state index in [0.29, 0.717) is 0 Å². The van der Waals surface area contributed by atoms with E-state index in [-0.39, 0.29) is 0 Å². The van der Waals surface area contributed by atoms with E-state index in [1.807, 2.05) is 30.5 Å². The van der Waals surface area contributed by atoms with Crippen molar-refractivity contribution in [3.8, 4) is 11.4 Å². The molecule has 0 bridgehead atoms. The Hall–Kier alpha value is -1.88. The highest BCUT2D eigenvalue weighted by Gasteiger charge is 2.17. The molecule has 0 spiro atoms. The molecule has 1 saturated heterocycles.